The molecular formula is C18H21N5O. The van der Waals surface area contributed by atoms with Crippen LogP contribution in [0.15, 0.2) is 41.1 Å². The molecule has 1 aliphatic heterocycles. The number of rotatable bonds is 4. The number of hydrogen-bond acceptors (Lipinski definition) is 5. The van der Waals surface area contributed by atoms with Crippen LogP contribution >= 0.6 is 0 Å². The van der Waals surface area contributed by atoms with Crippen LogP contribution in [0.4, 0.5) is 0 Å². The van der Waals surface area contributed by atoms with Crippen molar-refractivity contribution in [1.29, 1.82) is 0 Å². The lowest BCUT2D eigenvalue weighted by molar-refractivity contribution is 0.308. The minimum atomic E-state index is 0.312. The minimum absolute atomic E-state index is 0.312. The Hall–Kier alpha value is -2.47. The van der Waals surface area contributed by atoms with Gasteiger partial charge in [0.2, 0.25) is 11.7 Å². The molecule has 0 N–H and O–H groups in total. The quantitative estimate of drug-likeness (QED) is 0.739. The number of hydrogen-bond donors (Lipinski definition) is 0. The molecule has 1 aliphatic rings. The van der Waals surface area contributed by atoms with Crippen molar-refractivity contribution >= 4 is 0 Å². The molecule has 1 fully saturated rings. The third-order valence-corrected chi connectivity index (χ3v) is 4.83. The second-order valence-corrected chi connectivity index (χ2v) is 6.42. The van der Waals surface area contributed by atoms with Gasteiger partial charge in [0.1, 0.15) is 0 Å². The van der Waals surface area contributed by atoms with E-state index in [1.54, 1.807) is 0 Å². The Balaban J connectivity index is 1.44. The third-order valence-electron chi connectivity index (χ3n) is 4.83. The molecule has 6 nitrogen and oxygen atoms in total. The lowest BCUT2D eigenvalue weighted by Crippen LogP contribution is -2.20. The molecule has 124 valence electrons. The maximum absolute atomic E-state index is 5.53. The average Bonchev–Trinajstić information content (AvgIpc) is 3.33. The van der Waals surface area contributed by atoms with E-state index in [1.165, 1.54) is 11.3 Å². The smallest absolute Gasteiger partial charge is 0.231 e. The summed E-state index contributed by atoms with van der Waals surface area (Å²) < 4.78 is 7.45. The highest BCUT2D eigenvalue weighted by molar-refractivity contribution is 5.53. The van der Waals surface area contributed by atoms with Gasteiger partial charge in [-0.3, -0.25) is 9.58 Å². The van der Waals surface area contributed by atoms with Gasteiger partial charge < -0.3 is 4.52 Å². The number of aryl methyl sites for hydroxylation is 1. The zero-order valence-corrected chi connectivity index (χ0v) is 14.0. The molecule has 0 bridgehead atoms. The molecule has 0 spiro atoms. The Bertz CT molecular complexity index is 823. The lowest BCUT2D eigenvalue weighted by atomic mass is 10.1. The van der Waals surface area contributed by atoms with Crippen LogP contribution in [0.25, 0.3) is 11.4 Å². The number of benzene rings is 1. The van der Waals surface area contributed by atoms with Gasteiger partial charge in [-0.2, -0.15) is 10.1 Å². The molecule has 0 saturated carbocycles. The van der Waals surface area contributed by atoms with E-state index in [9.17, 15) is 0 Å². The van der Waals surface area contributed by atoms with Crippen molar-refractivity contribution in [2.75, 3.05) is 13.1 Å². The molecule has 3 aromatic rings. The van der Waals surface area contributed by atoms with Gasteiger partial charge >= 0.3 is 0 Å². The summed E-state index contributed by atoms with van der Waals surface area (Å²) in [4.78, 5) is 7.04. The van der Waals surface area contributed by atoms with Crippen LogP contribution in [0, 0.1) is 6.92 Å². The first-order chi connectivity index (χ1) is 11.7. The van der Waals surface area contributed by atoms with Crippen LogP contribution < -0.4 is 0 Å². The van der Waals surface area contributed by atoms with Gasteiger partial charge in [-0.25, -0.2) is 0 Å². The van der Waals surface area contributed by atoms with Crippen LogP contribution in [-0.4, -0.2) is 37.9 Å². The average molecular weight is 323 g/mol. The molecule has 0 unspecified atom stereocenters. The van der Waals surface area contributed by atoms with Gasteiger partial charge in [0.15, 0.2) is 0 Å². The van der Waals surface area contributed by atoms with Gasteiger partial charge in [-0.05, 0) is 19.9 Å². The van der Waals surface area contributed by atoms with Gasteiger partial charge in [0.25, 0.3) is 0 Å². The summed E-state index contributed by atoms with van der Waals surface area (Å²) >= 11 is 0. The first-order valence-electron chi connectivity index (χ1n) is 8.29. The lowest BCUT2D eigenvalue weighted by Gasteiger charge is -2.14. The second-order valence-electron chi connectivity index (χ2n) is 6.42. The molecule has 0 radical (unpaired) electrons. The maximum atomic E-state index is 5.53. The molecule has 3 heterocycles. The van der Waals surface area contributed by atoms with E-state index in [0.717, 1.165) is 37.5 Å². The monoisotopic (exact) mass is 323 g/mol. The van der Waals surface area contributed by atoms with E-state index in [-0.39, 0.29) is 0 Å². The molecule has 2 aromatic heterocycles. The van der Waals surface area contributed by atoms with Crippen molar-refractivity contribution in [3.63, 3.8) is 0 Å². The van der Waals surface area contributed by atoms with Crippen molar-refractivity contribution in [1.82, 2.24) is 24.8 Å². The highest BCUT2D eigenvalue weighted by Gasteiger charge is 2.29. The van der Waals surface area contributed by atoms with E-state index in [1.807, 2.05) is 48.3 Å². The van der Waals surface area contributed by atoms with Gasteiger partial charge in [-0.1, -0.05) is 35.5 Å². The van der Waals surface area contributed by atoms with Crippen LogP contribution in [0.5, 0.6) is 0 Å². The Morgan fingerprint density at radius 1 is 1.25 bits per heavy atom. The molecule has 24 heavy (non-hydrogen) atoms. The molecule has 0 aliphatic carbocycles. The van der Waals surface area contributed by atoms with Gasteiger partial charge in [0, 0.05) is 37.0 Å². The fourth-order valence-corrected chi connectivity index (χ4v) is 3.22. The summed E-state index contributed by atoms with van der Waals surface area (Å²) in [6, 6.07) is 9.96. The van der Waals surface area contributed by atoms with E-state index in [4.69, 9.17) is 4.52 Å². The molecule has 4 rings (SSSR count). The Kier molecular flexibility index (Phi) is 3.90. The van der Waals surface area contributed by atoms with Crippen LogP contribution in [0.1, 0.15) is 29.5 Å². The van der Waals surface area contributed by atoms with Crippen molar-refractivity contribution in [3.8, 4) is 11.4 Å². The summed E-state index contributed by atoms with van der Waals surface area (Å²) in [5.74, 6) is 1.73. The zero-order valence-electron chi connectivity index (χ0n) is 14.0. The Morgan fingerprint density at radius 3 is 2.83 bits per heavy atom. The van der Waals surface area contributed by atoms with Crippen LogP contribution in [0.3, 0.4) is 0 Å². The van der Waals surface area contributed by atoms with Crippen molar-refractivity contribution in [3.05, 3.63) is 53.7 Å². The fraction of sp³-hybridized carbons (Fsp3) is 0.389. The standard InChI is InChI=1S/C18H21N5O/c1-13-16(10-19-22(13)2)12-23-9-8-15(11-23)18-20-17(21-24-18)14-6-4-3-5-7-14/h3-7,10,15H,8-9,11-12H2,1-2H3/t15-/m0/s1. The number of aromatic nitrogens is 4. The molecule has 1 saturated heterocycles. The summed E-state index contributed by atoms with van der Waals surface area (Å²) in [6.07, 6.45) is 3.01. The molecule has 6 heteroatoms. The topological polar surface area (TPSA) is 60.0 Å². The Morgan fingerprint density at radius 2 is 2.08 bits per heavy atom. The summed E-state index contributed by atoms with van der Waals surface area (Å²) in [5.41, 5.74) is 3.50. The third kappa shape index (κ3) is 2.85. The van der Waals surface area contributed by atoms with Crippen LogP contribution in [-0.2, 0) is 13.6 Å². The van der Waals surface area contributed by atoms with Crippen molar-refractivity contribution in [2.24, 2.45) is 7.05 Å². The van der Waals surface area contributed by atoms with Crippen molar-refractivity contribution < 1.29 is 4.52 Å². The predicted molar refractivity (Wildman–Crippen MR) is 90.3 cm³/mol. The molecular weight excluding hydrogens is 302 g/mol. The van der Waals surface area contributed by atoms with Gasteiger partial charge in [-0.15, -0.1) is 0 Å². The first kappa shape index (κ1) is 15.1. The van der Waals surface area contributed by atoms with Crippen LogP contribution in [0.2, 0.25) is 0 Å². The fourth-order valence-electron chi connectivity index (χ4n) is 3.22. The summed E-state index contributed by atoms with van der Waals surface area (Å²) in [5, 5.41) is 8.46. The second kappa shape index (κ2) is 6.20. The summed E-state index contributed by atoms with van der Waals surface area (Å²) in [6.45, 7) is 5.03. The summed E-state index contributed by atoms with van der Waals surface area (Å²) in [7, 11) is 1.98. The molecule has 1 aromatic carbocycles. The van der Waals surface area contributed by atoms with E-state index >= 15 is 0 Å². The SMILES string of the molecule is Cc1c(CN2CC[C@H](c3nc(-c4ccccc4)no3)C2)cnn1C. The molecule has 0 amide bonds. The molecule has 1 atom stereocenters. The normalized spacial score (nSPS) is 18.3. The first-order valence-corrected chi connectivity index (χ1v) is 8.29. The van der Waals surface area contributed by atoms with E-state index in [0.29, 0.717) is 11.7 Å². The maximum Gasteiger partial charge on any atom is 0.231 e. The number of nitrogens with zero attached hydrogens (tertiary/aromatic N) is 5. The highest BCUT2D eigenvalue weighted by atomic mass is 16.5. The largest absolute Gasteiger partial charge is 0.339 e. The van der Waals surface area contributed by atoms with Gasteiger partial charge in [0.05, 0.1) is 12.1 Å². The predicted octanol–water partition coefficient (Wildman–Crippen LogP) is 2.77. The minimum Gasteiger partial charge on any atom is -0.339 e. The van der Waals surface area contributed by atoms with E-state index < -0.39 is 0 Å². The highest BCUT2D eigenvalue weighted by Crippen LogP contribution is 2.28. The Labute approximate surface area is 141 Å². The number of likely N-dealkylation sites (tertiary alicyclic amines) is 1. The van der Waals surface area contributed by atoms with Crippen molar-refractivity contribution in [2.45, 2.75) is 25.8 Å². The zero-order chi connectivity index (χ0) is 16.5. The van der Waals surface area contributed by atoms with E-state index in [2.05, 4.69) is 27.1 Å².